The van der Waals surface area contributed by atoms with Gasteiger partial charge in [0.05, 0.1) is 6.04 Å². The minimum absolute atomic E-state index is 0.533. The van der Waals surface area contributed by atoms with Crippen molar-refractivity contribution in [2.75, 3.05) is 6.54 Å². The second-order valence-corrected chi connectivity index (χ2v) is 5.07. The second kappa shape index (κ2) is 4.12. The summed E-state index contributed by atoms with van der Waals surface area (Å²) in [7, 11) is 0. The van der Waals surface area contributed by atoms with Gasteiger partial charge in [0.15, 0.2) is 0 Å². The van der Waals surface area contributed by atoms with Crippen molar-refractivity contribution in [1.82, 2.24) is 10.3 Å². The maximum atomic E-state index is 4.74. The van der Waals surface area contributed by atoms with Crippen LogP contribution in [0.25, 0.3) is 0 Å². The van der Waals surface area contributed by atoms with Gasteiger partial charge < -0.3 is 5.32 Å². The zero-order chi connectivity index (χ0) is 11.0. The van der Waals surface area contributed by atoms with Gasteiger partial charge in [-0.15, -0.1) is 0 Å². The van der Waals surface area contributed by atoms with Gasteiger partial charge in [-0.3, -0.25) is 5.01 Å². The summed E-state index contributed by atoms with van der Waals surface area (Å²) in [6, 6.07) is 1.82. The first-order chi connectivity index (χ1) is 7.15. The normalized spacial score (nSPS) is 35.7. The minimum atomic E-state index is 0.533. The van der Waals surface area contributed by atoms with Gasteiger partial charge in [-0.2, -0.15) is 5.10 Å². The lowest BCUT2D eigenvalue weighted by Gasteiger charge is -2.38. The molecule has 86 valence electrons. The van der Waals surface area contributed by atoms with E-state index in [9.17, 15) is 0 Å². The molecule has 0 aliphatic carbocycles. The van der Waals surface area contributed by atoms with E-state index in [1.165, 1.54) is 18.6 Å². The first kappa shape index (κ1) is 10.9. The summed E-state index contributed by atoms with van der Waals surface area (Å²) in [4.78, 5) is 0. The van der Waals surface area contributed by atoms with E-state index in [1.54, 1.807) is 0 Å². The third kappa shape index (κ3) is 1.78. The van der Waals surface area contributed by atoms with Crippen LogP contribution in [0.4, 0.5) is 0 Å². The van der Waals surface area contributed by atoms with Crippen LogP contribution in [0.2, 0.25) is 0 Å². The number of fused-ring (bicyclic) bond motifs is 1. The molecule has 3 nitrogen and oxygen atoms in total. The van der Waals surface area contributed by atoms with E-state index in [-0.39, 0.29) is 0 Å². The lowest BCUT2D eigenvalue weighted by atomic mass is 9.82. The number of hydrazone groups is 1. The van der Waals surface area contributed by atoms with Crippen molar-refractivity contribution >= 4 is 5.71 Å². The van der Waals surface area contributed by atoms with Crippen LogP contribution in [-0.4, -0.2) is 35.4 Å². The van der Waals surface area contributed by atoms with Crippen LogP contribution in [-0.2, 0) is 0 Å². The van der Waals surface area contributed by atoms with Gasteiger partial charge in [-0.05, 0) is 40.2 Å². The average molecular weight is 209 g/mol. The largest absolute Gasteiger partial charge is 0.313 e. The predicted molar refractivity (Wildman–Crippen MR) is 64.1 cm³/mol. The monoisotopic (exact) mass is 209 g/mol. The maximum Gasteiger partial charge on any atom is 0.0581 e. The van der Waals surface area contributed by atoms with Crippen LogP contribution in [0.5, 0.6) is 0 Å². The summed E-state index contributed by atoms with van der Waals surface area (Å²) in [5.41, 5.74) is 1.33. The molecular formula is C12H23N3. The van der Waals surface area contributed by atoms with Gasteiger partial charge >= 0.3 is 0 Å². The fourth-order valence-electron chi connectivity index (χ4n) is 3.08. The summed E-state index contributed by atoms with van der Waals surface area (Å²) in [6.45, 7) is 10.1. The molecule has 0 aromatic carbocycles. The van der Waals surface area contributed by atoms with Crippen molar-refractivity contribution in [3.63, 3.8) is 0 Å². The molecule has 2 aliphatic rings. The van der Waals surface area contributed by atoms with E-state index in [1.807, 2.05) is 0 Å². The highest BCUT2D eigenvalue weighted by Gasteiger charge is 2.42. The van der Waals surface area contributed by atoms with Crippen molar-refractivity contribution in [2.24, 2.45) is 11.0 Å². The van der Waals surface area contributed by atoms with E-state index >= 15 is 0 Å². The first-order valence-corrected chi connectivity index (χ1v) is 6.22. The van der Waals surface area contributed by atoms with E-state index in [0.717, 1.165) is 6.54 Å². The summed E-state index contributed by atoms with van der Waals surface area (Å²) in [5, 5.41) is 10.7. The van der Waals surface area contributed by atoms with Gasteiger partial charge in [0.1, 0.15) is 0 Å². The molecule has 2 heterocycles. The Balaban J connectivity index is 2.19. The Morgan fingerprint density at radius 2 is 2.27 bits per heavy atom. The molecule has 3 atom stereocenters. The lowest BCUT2D eigenvalue weighted by molar-refractivity contribution is 0.115. The first-order valence-electron chi connectivity index (χ1n) is 6.22. The summed E-state index contributed by atoms with van der Waals surface area (Å²) >= 11 is 0. The van der Waals surface area contributed by atoms with Gasteiger partial charge in [0, 0.05) is 23.7 Å². The van der Waals surface area contributed by atoms with Gasteiger partial charge in [0.25, 0.3) is 0 Å². The molecular weight excluding hydrogens is 186 g/mol. The smallest absolute Gasteiger partial charge is 0.0581 e. The molecule has 2 aliphatic heterocycles. The van der Waals surface area contributed by atoms with Crippen LogP contribution in [0.1, 0.15) is 40.5 Å². The van der Waals surface area contributed by atoms with Crippen molar-refractivity contribution in [3.05, 3.63) is 0 Å². The Kier molecular flexibility index (Phi) is 3.01. The Hall–Kier alpha value is -0.570. The fourth-order valence-corrected chi connectivity index (χ4v) is 3.08. The number of nitrogens with zero attached hydrogens (tertiary/aromatic N) is 2. The molecule has 2 rings (SSSR count). The van der Waals surface area contributed by atoms with Crippen molar-refractivity contribution < 1.29 is 0 Å². The average Bonchev–Trinajstić information content (AvgIpc) is 2.56. The molecule has 1 N–H and O–H groups in total. The number of piperidine rings is 1. The number of hydrogen-bond donors (Lipinski definition) is 1. The number of nitrogens with one attached hydrogen (secondary N) is 1. The van der Waals surface area contributed by atoms with E-state index < -0.39 is 0 Å². The molecule has 1 fully saturated rings. The molecule has 0 aromatic heterocycles. The fraction of sp³-hybridized carbons (Fsp3) is 0.917. The van der Waals surface area contributed by atoms with Crippen LogP contribution in [0, 0.1) is 5.92 Å². The van der Waals surface area contributed by atoms with Gasteiger partial charge in [0.2, 0.25) is 0 Å². The zero-order valence-corrected chi connectivity index (χ0v) is 10.3. The Morgan fingerprint density at radius 1 is 1.53 bits per heavy atom. The molecule has 2 unspecified atom stereocenters. The van der Waals surface area contributed by atoms with Crippen molar-refractivity contribution in [1.29, 1.82) is 0 Å². The summed E-state index contributed by atoms with van der Waals surface area (Å²) in [5.74, 6) is 0.645. The van der Waals surface area contributed by atoms with Crippen LogP contribution in [0.15, 0.2) is 5.10 Å². The van der Waals surface area contributed by atoms with Crippen LogP contribution < -0.4 is 5.32 Å². The zero-order valence-electron chi connectivity index (χ0n) is 10.3. The highest BCUT2D eigenvalue weighted by molar-refractivity contribution is 5.87. The number of rotatable bonds is 2. The second-order valence-electron chi connectivity index (χ2n) is 5.07. The summed E-state index contributed by atoms with van der Waals surface area (Å²) < 4.78 is 0. The molecule has 15 heavy (non-hydrogen) atoms. The lowest BCUT2D eigenvalue weighted by Crippen LogP contribution is -2.53. The molecule has 0 bridgehead atoms. The van der Waals surface area contributed by atoms with E-state index in [4.69, 9.17) is 5.10 Å². The van der Waals surface area contributed by atoms with Crippen molar-refractivity contribution in [2.45, 2.75) is 58.7 Å². The maximum absolute atomic E-state index is 4.74. The molecule has 0 saturated carbocycles. The molecule has 0 radical (unpaired) electrons. The van der Waals surface area contributed by atoms with Gasteiger partial charge in [-0.25, -0.2) is 0 Å². The van der Waals surface area contributed by atoms with E-state index in [0.29, 0.717) is 24.0 Å². The van der Waals surface area contributed by atoms with Gasteiger partial charge in [-0.1, -0.05) is 6.92 Å². The minimum Gasteiger partial charge on any atom is -0.313 e. The Bertz CT molecular complexity index is 260. The molecule has 0 spiro atoms. The summed E-state index contributed by atoms with van der Waals surface area (Å²) in [6.07, 6.45) is 2.44. The molecule has 3 heteroatoms. The molecule has 1 saturated heterocycles. The SMILES string of the molecule is CC[C@H]1NCCC2C1C(C)=NN2C(C)C. The highest BCUT2D eigenvalue weighted by atomic mass is 15.5. The number of hydrogen-bond acceptors (Lipinski definition) is 3. The third-order valence-corrected chi connectivity index (χ3v) is 3.76. The van der Waals surface area contributed by atoms with Crippen LogP contribution >= 0.6 is 0 Å². The third-order valence-electron chi connectivity index (χ3n) is 3.76. The molecule has 0 amide bonds. The molecule has 0 aromatic rings. The highest BCUT2D eigenvalue weighted by Crippen LogP contribution is 2.32. The van der Waals surface area contributed by atoms with Crippen molar-refractivity contribution in [3.8, 4) is 0 Å². The standard InChI is InChI=1S/C12H23N3/c1-5-10-12-9(4)14-15(8(2)3)11(12)6-7-13-10/h8,10-13H,5-7H2,1-4H3/t10-,11?,12?/m1/s1. The topological polar surface area (TPSA) is 27.6 Å². The van der Waals surface area contributed by atoms with Crippen LogP contribution in [0.3, 0.4) is 0 Å². The quantitative estimate of drug-likeness (QED) is 0.751. The predicted octanol–water partition coefficient (Wildman–Crippen LogP) is 1.84. The Morgan fingerprint density at radius 3 is 2.87 bits per heavy atom. The Labute approximate surface area is 92.9 Å². The van der Waals surface area contributed by atoms with E-state index in [2.05, 4.69) is 38.0 Å².